The molecule has 0 aromatic heterocycles. The van der Waals surface area contributed by atoms with E-state index in [2.05, 4.69) is 4.90 Å². The van der Waals surface area contributed by atoms with Gasteiger partial charge < -0.3 is 14.4 Å². The molecular weight excluding hydrogens is 320 g/mol. The minimum absolute atomic E-state index is 0.0451. The molecule has 0 bridgehead atoms. The molecule has 4 rings (SSSR count). The van der Waals surface area contributed by atoms with Gasteiger partial charge in [-0.1, -0.05) is 0 Å². The van der Waals surface area contributed by atoms with Gasteiger partial charge in [0.05, 0.1) is 43.9 Å². The Morgan fingerprint density at radius 1 is 1.17 bits per heavy atom. The summed E-state index contributed by atoms with van der Waals surface area (Å²) in [5.41, 5.74) is -0.648. The number of hydrogen-bond acceptors (Lipinski definition) is 6. The number of rotatable bonds is 3. The fourth-order valence-corrected chi connectivity index (χ4v) is 5.66. The van der Waals surface area contributed by atoms with Crippen LogP contribution >= 0.6 is 0 Å². The number of amides is 1. The van der Waals surface area contributed by atoms with Gasteiger partial charge in [0.15, 0.2) is 9.84 Å². The van der Waals surface area contributed by atoms with Crippen molar-refractivity contribution < 1.29 is 22.7 Å². The molecule has 3 saturated heterocycles. The number of carbonyl (C=O) groups excluding carboxylic acids is 1. The van der Waals surface area contributed by atoms with Crippen LogP contribution in [0.2, 0.25) is 0 Å². The molecule has 1 amide bonds. The molecule has 1 spiro atoms. The lowest BCUT2D eigenvalue weighted by Gasteiger charge is -2.52. The molecule has 130 valence electrons. The van der Waals surface area contributed by atoms with E-state index in [4.69, 9.17) is 9.47 Å². The second-order valence-corrected chi connectivity index (χ2v) is 9.59. The summed E-state index contributed by atoms with van der Waals surface area (Å²) in [6.45, 7) is 4.52. The highest BCUT2D eigenvalue weighted by molar-refractivity contribution is 7.92. The van der Waals surface area contributed by atoms with Gasteiger partial charge in [0.2, 0.25) is 5.91 Å². The topological polar surface area (TPSA) is 76.2 Å². The minimum Gasteiger partial charge on any atom is -0.379 e. The fraction of sp³-hybridized carbons (Fsp3) is 0.933. The van der Waals surface area contributed by atoms with Gasteiger partial charge in [-0.15, -0.1) is 0 Å². The van der Waals surface area contributed by atoms with E-state index in [-0.39, 0.29) is 24.2 Å². The molecule has 0 radical (unpaired) electrons. The monoisotopic (exact) mass is 344 g/mol. The first-order valence-corrected chi connectivity index (χ1v) is 10.1. The van der Waals surface area contributed by atoms with Gasteiger partial charge in [-0.05, 0) is 12.8 Å². The van der Waals surface area contributed by atoms with Crippen molar-refractivity contribution in [3.63, 3.8) is 0 Å². The minimum atomic E-state index is -3.19. The molecule has 1 saturated carbocycles. The number of likely N-dealkylation sites (tertiary alicyclic amines) is 1. The second-order valence-electron chi connectivity index (χ2n) is 7.30. The molecule has 8 heteroatoms. The van der Waals surface area contributed by atoms with Crippen molar-refractivity contribution in [1.29, 1.82) is 0 Å². The van der Waals surface area contributed by atoms with Crippen molar-refractivity contribution in [2.45, 2.75) is 23.7 Å². The van der Waals surface area contributed by atoms with E-state index in [0.717, 1.165) is 25.9 Å². The van der Waals surface area contributed by atoms with Crippen molar-refractivity contribution in [3.05, 3.63) is 0 Å². The van der Waals surface area contributed by atoms with Crippen LogP contribution < -0.4 is 0 Å². The number of hydrogen-bond donors (Lipinski definition) is 0. The van der Waals surface area contributed by atoms with E-state index < -0.39 is 20.7 Å². The van der Waals surface area contributed by atoms with Gasteiger partial charge in [0, 0.05) is 25.6 Å². The molecule has 4 fully saturated rings. The summed E-state index contributed by atoms with van der Waals surface area (Å²) in [6, 6.07) is 0. The first kappa shape index (κ1) is 15.8. The third-order valence-corrected chi connectivity index (χ3v) is 7.54. The maximum atomic E-state index is 12.6. The Labute approximate surface area is 136 Å². The fourth-order valence-electron chi connectivity index (χ4n) is 3.71. The summed E-state index contributed by atoms with van der Waals surface area (Å²) in [6.07, 6.45) is 1.95. The van der Waals surface area contributed by atoms with E-state index in [1.54, 1.807) is 4.90 Å². The van der Waals surface area contributed by atoms with Crippen molar-refractivity contribution in [3.8, 4) is 0 Å². The molecule has 4 aliphatic rings. The van der Waals surface area contributed by atoms with Gasteiger partial charge in [0.25, 0.3) is 0 Å². The first-order chi connectivity index (χ1) is 11.0. The van der Waals surface area contributed by atoms with Crippen LogP contribution in [0.25, 0.3) is 0 Å². The summed E-state index contributed by atoms with van der Waals surface area (Å²) in [5.74, 6) is 0.400. The van der Waals surface area contributed by atoms with Gasteiger partial charge in [-0.25, -0.2) is 8.42 Å². The van der Waals surface area contributed by atoms with E-state index >= 15 is 0 Å². The Morgan fingerprint density at radius 2 is 1.87 bits per heavy atom. The zero-order chi connectivity index (χ0) is 16.1. The smallest absolute Gasteiger partial charge is 0.225 e. The third-order valence-electron chi connectivity index (χ3n) is 5.31. The highest BCUT2D eigenvalue weighted by Gasteiger charge is 2.55. The highest BCUT2D eigenvalue weighted by atomic mass is 32.2. The van der Waals surface area contributed by atoms with Crippen molar-refractivity contribution in [2.24, 2.45) is 5.92 Å². The Balaban J connectivity index is 1.34. The lowest BCUT2D eigenvalue weighted by atomic mass is 9.95. The Bertz CT molecular complexity index is 577. The molecule has 0 aromatic carbocycles. The molecule has 7 nitrogen and oxygen atoms in total. The van der Waals surface area contributed by atoms with Crippen molar-refractivity contribution in [2.75, 3.05) is 58.3 Å². The summed E-state index contributed by atoms with van der Waals surface area (Å²) >= 11 is 0. The van der Waals surface area contributed by atoms with E-state index in [9.17, 15) is 13.2 Å². The predicted molar refractivity (Wildman–Crippen MR) is 82.8 cm³/mol. The third kappa shape index (κ3) is 3.14. The average molecular weight is 344 g/mol. The maximum absolute atomic E-state index is 12.6. The highest BCUT2D eigenvalue weighted by Crippen LogP contribution is 2.38. The zero-order valence-electron chi connectivity index (χ0n) is 13.3. The van der Waals surface area contributed by atoms with Gasteiger partial charge >= 0.3 is 0 Å². The molecule has 1 aliphatic carbocycles. The largest absolute Gasteiger partial charge is 0.379 e. The van der Waals surface area contributed by atoms with E-state index in [0.29, 0.717) is 32.8 Å². The van der Waals surface area contributed by atoms with E-state index in [1.807, 2.05) is 0 Å². The number of carbonyl (C=O) groups is 1. The normalized spacial score (nSPS) is 33.4. The molecule has 0 N–H and O–H groups in total. The number of nitrogens with zero attached hydrogens (tertiary/aromatic N) is 2. The first-order valence-electron chi connectivity index (χ1n) is 8.42. The Kier molecular flexibility index (Phi) is 3.91. The van der Waals surface area contributed by atoms with Crippen molar-refractivity contribution >= 4 is 15.7 Å². The van der Waals surface area contributed by atoms with Crippen LogP contribution in [-0.2, 0) is 24.1 Å². The molecule has 0 aromatic rings. The lowest BCUT2D eigenvalue weighted by Crippen LogP contribution is -2.71. The average Bonchev–Trinajstić information content (AvgIpc) is 3.32. The van der Waals surface area contributed by atoms with Gasteiger partial charge in [-0.3, -0.25) is 9.69 Å². The summed E-state index contributed by atoms with van der Waals surface area (Å²) in [5, 5.41) is -0.459. The SMILES string of the molecule is O=C(C1CC1)N1CC2(C1)CS(=O)(=O)[C@@H](CN1CCOCC1)CO2. The Morgan fingerprint density at radius 3 is 2.48 bits per heavy atom. The van der Waals surface area contributed by atoms with Crippen LogP contribution in [0.5, 0.6) is 0 Å². The van der Waals surface area contributed by atoms with Gasteiger partial charge in [-0.2, -0.15) is 0 Å². The van der Waals surface area contributed by atoms with Gasteiger partial charge in [0.1, 0.15) is 5.60 Å². The number of sulfone groups is 1. The quantitative estimate of drug-likeness (QED) is 0.662. The van der Waals surface area contributed by atoms with Crippen molar-refractivity contribution in [1.82, 2.24) is 9.80 Å². The number of morpholine rings is 1. The zero-order valence-corrected chi connectivity index (χ0v) is 14.1. The van der Waals surface area contributed by atoms with Crippen LogP contribution in [0.15, 0.2) is 0 Å². The summed E-state index contributed by atoms with van der Waals surface area (Å²) in [7, 11) is -3.19. The second kappa shape index (κ2) is 5.68. The molecule has 23 heavy (non-hydrogen) atoms. The Hall–Kier alpha value is -0.700. The van der Waals surface area contributed by atoms with Crippen LogP contribution in [0, 0.1) is 5.92 Å². The van der Waals surface area contributed by atoms with Crippen LogP contribution in [0.1, 0.15) is 12.8 Å². The van der Waals surface area contributed by atoms with Crippen LogP contribution in [-0.4, -0.2) is 93.3 Å². The predicted octanol–water partition coefficient (Wildman–Crippen LogP) is -0.877. The maximum Gasteiger partial charge on any atom is 0.225 e. The lowest BCUT2D eigenvalue weighted by molar-refractivity contribution is -0.166. The summed E-state index contributed by atoms with van der Waals surface area (Å²) in [4.78, 5) is 15.9. The molecule has 1 atom stereocenters. The molecule has 3 heterocycles. The van der Waals surface area contributed by atoms with E-state index in [1.165, 1.54) is 0 Å². The molecular formula is C15H24N2O5S. The summed E-state index contributed by atoms with van der Waals surface area (Å²) < 4.78 is 36.5. The number of ether oxygens (including phenoxy) is 2. The standard InChI is InChI=1S/C15H24N2O5S/c18-14(12-1-2-12)17-9-15(10-17)11-23(19,20)13(8-22-15)7-16-3-5-21-6-4-16/h12-13H,1-11H2/t13-/m0/s1. The van der Waals surface area contributed by atoms with Crippen LogP contribution in [0.3, 0.4) is 0 Å². The van der Waals surface area contributed by atoms with Crippen LogP contribution in [0.4, 0.5) is 0 Å². The molecule has 3 aliphatic heterocycles. The molecule has 0 unspecified atom stereocenters.